The number of phenols is 1. The fourth-order valence-electron chi connectivity index (χ4n) is 6.28. The fraction of sp³-hybridized carbons (Fsp3) is 0.586. The number of hydrogen-bond acceptors (Lipinski definition) is 4. The maximum absolute atomic E-state index is 13.8. The van der Waals surface area contributed by atoms with Gasteiger partial charge in [-0.25, -0.2) is 4.39 Å². The molecule has 2 aliphatic heterocycles. The van der Waals surface area contributed by atoms with Crippen molar-refractivity contribution in [2.24, 2.45) is 17.8 Å². The number of amides is 2. The molecule has 0 saturated carbocycles. The summed E-state index contributed by atoms with van der Waals surface area (Å²) in [6.45, 7) is 7.29. The van der Waals surface area contributed by atoms with Crippen LogP contribution in [0.15, 0.2) is 34.9 Å². The largest absolute Gasteiger partial charge is 0.505 e. The molecular formula is C29H38FNO4. The molecule has 6 heteroatoms. The van der Waals surface area contributed by atoms with E-state index in [2.05, 4.69) is 13.8 Å². The molecule has 2 amide bonds. The number of carbonyl (C=O) groups excluding carboxylic acids is 2. The highest BCUT2D eigenvalue weighted by atomic mass is 19.1. The summed E-state index contributed by atoms with van der Waals surface area (Å²) in [4.78, 5) is 27.8. The molecule has 1 N–H and O–H groups in total. The zero-order valence-electron chi connectivity index (χ0n) is 21.2. The van der Waals surface area contributed by atoms with Gasteiger partial charge in [-0.05, 0) is 61.8 Å². The standard InChI is InChI=1S/C29H38FNO4/c1-4-7-18(14-19-9-11-24(32)23(30)15-19)10-12-25-26-20(8-5-2)16-21-27(22(26)17-35-25)29(34)31(13-6-3)28(21)33/h9,11,14-15,21-22,25,27,32H,4-8,10,12-13,16-17H2,1-3H3/b18-14+/t21-,22+,25-,27-/m1/s1. The second kappa shape index (κ2) is 11.1. The Morgan fingerprint density at radius 2 is 1.91 bits per heavy atom. The van der Waals surface area contributed by atoms with Crippen LogP contribution in [0.1, 0.15) is 77.7 Å². The third-order valence-corrected chi connectivity index (χ3v) is 7.74. The average molecular weight is 484 g/mol. The van der Waals surface area contributed by atoms with Crippen molar-refractivity contribution in [3.8, 4) is 5.75 Å². The van der Waals surface area contributed by atoms with Crippen LogP contribution in [0.3, 0.4) is 0 Å². The molecule has 0 unspecified atom stereocenters. The molecule has 2 saturated heterocycles. The molecule has 0 aromatic heterocycles. The van der Waals surface area contributed by atoms with Crippen LogP contribution in [0.4, 0.5) is 4.39 Å². The molecule has 1 aromatic rings. The van der Waals surface area contributed by atoms with Crippen LogP contribution in [0.2, 0.25) is 0 Å². The number of hydrogen-bond donors (Lipinski definition) is 1. The van der Waals surface area contributed by atoms with Gasteiger partial charge in [0.15, 0.2) is 11.6 Å². The van der Waals surface area contributed by atoms with Crippen molar-refractivity contribution in [3.05, 3.63) is 46.3 Å². The predicted octanol–water partition coefficient (Wildman–Crippen LogP) is 6.02. The van der Waals surface area contributed by atoms with Gasteiger partial charge in [-0.3, -0.25) is 14.5 Å². The molecule has 1 aliphatic carbocycles. The Morgan fingerprint density at radius 1 is 1.11 bits per heavy atom. The second-order valence-corrected chi connectivity index (χ2v) is 10.2. The van der Waals surface area contributed by atoms with Crippen molar-refractivity contribution in [2.75, 3.05) is 13.2 Å². The van der Waals surface area contributed by atoms with E-state index in [1.807, 2.05) is 13.0 Å². The van der Waals surface area contributed by atoms with Crippen molar-refractivity contribution >= 4 is 17.9 Å². The Bertz CT molecular complexity index is 1030. The summed E-state index contributed by atoms with van der Waals surface area (Å²) < 4.78 is 20.1. The molecule has 0 bridgehead atoms. The Hall–Kier alpha value is -2.47. The molecule has 2 fully saturated rings. The number of allylic oxidation sites excluding steroid dienone is 2. The van der Waals surface area contributed by atoms with Gasteiger partial charge in [0.2, 0.25) is 11.8 Å². The van der Waals surface area contributed by atoms with E-state index in [1.54, 1.807) is 6.07 Å². The summed E-state index contributed by atoms with van der Waals surface area (Å²) in [7, 11) is 0. The lowest BCUT2D eigenvalue weighted by molar-refractivity contribution is -0.140. The second-order valence-electron chi connectivity index (χ2n) is 10.2. The van der Waals surface area contributed by atoms with Gasteiger partial charge in [0.25, 0.3) is 0 Å². The minimum absolute atomic E-state index is 0.00315. The van der Waals surface area contributed by atoms with Gasteiger partial charge in [0, 0.05) is 12.5 Å². The molecule has 1 aromatic carbocycles. The maximum atomic E-state index is 13.8. The molecule has 190 valence electrons. The van der Waals surface area contributed by atoms with E-state index in [4.69, 9.17) is 4.74 Å². The lowest BCUT2D eigenvalue weighted by atomic mass is 9.68. The van der Waals surface area contributed by atoms with Crippen LogP contribution in [0, 0.1) is 23.6 Å². The number of fused-ring (bicyclic) bond motifs is 3. The fourth-order valence-corrected chi connectivity index (χ4v) is 6.28. The van der Waals surface area contributed by atoms with Crippen LogP contribution < -0.4 is 0 Å². The minimum Gasteiger partial charge on any atom is -0.505 e. The Morgan fingerprint density at radius 3 is 2.60 bits per heavy atom. The summed E-state index contributed by atoms with van der Waals surface area (Å²) in [5.41, 5.74) is 4.56. The zero-order valence-corrected chi connectivity index (χ0v) is 21.2. The molecule has 3 aliphatic rings. The summed E-state index contributed by atoms with van der Waals surface area (Å²) in [5, 5.41) is 9.49. The van der Waals surface area contributed by atoms with Crippen molar-refractivity contribution in [3.63, 3.8) is 0 Å². The number of rotatable bonds is 10. The van der Waals surface area contributed by atoms with Crippen LogP contribution >= 0.6 is 0 Å². The Labute approximate surface area is 208 Å². The van der Waals surface area contributed by atoms with Crippen LogP contribution in [0.5, 0.6) is 5.75 Å². The number of benzene rings is 1. The smallest absolute Gasteiger partial charge is 0.233 e. The van der Waals surface area contributed by atoms with Gasteiger partial charge >= 0.3 is 0 Å². The number of phenolic OH excluding ortho intramolecular Hbond substituents is 1. The molecule has 4 atom stereocenters. The Kier molecular flexibility index (Phi) is 8.10. The van der Waals surface area contributed by atoms with Gasteiger partial charge in [-0.15, -0.1) is 0 Å². The lowest BCUT2D eigenvalue weighted by Crippen LogP contribution is -2.34. The van der Waals surface area contributed by atoms with E-state index in [0.29, 0.717) is 19.6 Å². The van der Waals surface area contributed by atoms with Crippen LogP contribution in [-0.2, 0) is 14.3 Å². The van der Waals surface area contributed by atoms with E-state index < -0.39 is 5.82 Å². The number of nitrogens with zero attached hydrogens (tertiary/aromatic N) is 1. The van der Waals surface area contributed by atoms with Crippen LogP contribution in [-0.4, -0.2) is 41.1 Å². The molecule has 35 heavy (non-hydrogen) atoms. The van der Waals surface area contributed by atoms with Crippen molar-refractivity contribution in [1.82, 2.24) is 4.90 Å². The van der Waals surface area contributed by atoms with E-state index in [1.165, 1.54) is 33.8 Å². The van der Waals surface area contributed by atoms with Crippen molar-refractivity contribution < 1.29 is 23.8 Å². The molecule has 4 rings (SSSR count). The number of likely N-dealkylation sites (tertiary alicyclic amines) is 1. The van der Waals surface area contributed by atoms with Gasteiger partial charge in [0.05, 0.1) is 24.5 Å². The first-order valence-electron chi connectivity index (χ1n) is 13.3. The number of imide groups is 1. The quantitative estimate of drug-likeness (QED) is 0.326. The first kappa shape index (κ1) is 25.6. The number of aromatic hydroxyl groups is 1. The topological polar surface area (TPSA) is 66.8 Å². The molecule has 2 heterocycles. The van der Waals surface area contributed by atoms with Gasteiger partial charge < -0.3 is 9.84 Å². The van der Waals surface area contributed by atoms with Gasteiger partial charge in [-0.1, -0.05) is 56.9 Å². The molecule has 5 nitrogen and oxygen atoms in total. The summed E-state index contributed by atoms with van der Waals surface area (Å²) in [6.07, 6.45) is 8.89. The van der Waals surface area contributed by atoms with E-state index in [-0.39, 0.29) is 41.4 Å². The Balaban J connectivity index is 1.55. The highest BCUT2D eigenvalue weighted by Crippen LogP contribution is 2.50. The number of carbonyl (C=O) groups is 2. The van der Waals surface area contributed by atoms with Gasteiger partial charge in [0.1, 0.15) is 0 Å². The number of halogens is 1. The molecule has 0 spiro atoms. The maximum Gasteiger partial charge on any atom is 0.233 e. The lowest BCUT2D eigenvalue weighted by Gasteiger charge is -2.32. The van der Waals surface area contributed by atoms with Gasteiger partial charge in [-0.2, -0.15) is 0 Å². The summed E-state index contributed by atoms with van der Waals surface area (Å²) >= 11 is 0. The molecular weight excluding hydrogens is 445 g/mol. The third kappa shape index (κ3) is 5.09. The first-order valence-corrected chi connectivity index (χ1v) is 13.3. The third-order valence-electron chi connectivity index (χ3n) is 7.74. The van der Waals surface area contributed by atoms with Crippen molar-refractivity contribution in [1.29, 1.82) is 0 Å². The van der Waals surface area contributed by atoms with Crippen LogP contribution in [0.25, 0.3) is 6.08 Å². The highest BCUT2D eigenvalue weighted by molar-refractivity contribution is 6.05. The average Bonchev–Trinajstić information content (AvgIpc) is 3.35. The van der Waals surface area contributed by atoms with E-state index in [0.717, 1.165) is 50.5 Å². The first-order chi connectivity index (χ1) is 16.9. The number of ether oxygens (including phenoxy) is 1. The monoisotopic (exact) mass is 483 g/mol. The normalized spacial score (nSPS) is 26.5. The highest BCUT2D eigenvalue weighted by Gasteiger charge is 2.56. The minimum atomic E-state index is -0.615. The van der Waals surface area contributed by atoms with E-state index in [9.17, 15) is 19.1 Å². The zero-order chi connectivity index (χ0) is 25.1. The summed E-state index contributed by atoms with van der Waals surface area (Å²) in [6, 6.07) is 4.47. The van der Waals surface area contributed by atoms with Crippen molar-refractivity contribution in [2.45, 2.75) is 78.2 Å². The predicted molar refractivity (Wildman–Crippen MR) is 134 cm³/mol. The van der Waals surface area contributed by atoms with E-state index >= 15 is 0 Å². The molecule has 0 radical (unpaired) electrons. The SMILES string of the molecule is CCCC1=C2[C@@H](CC/C(=C/c3ccc(O)c(F)c3)CCC)OC[C@@H]2[C@@H]2C(=O)N(CCC)C(=O)[C@@H]2C1. The summed E-state index contributed by atoms with van der Waals surface area (Å²) in [5.74, 6) is -1.46.